The maximum atomic E-state index is 4.33. The number of hydrogen-bond acceptors (Lipinski definition) is 0. The van der Waals surface area contributed by atoms with Crippen LogP contribution in [0.4, 0.5) is 0 Å². The molecule has 96 valence electrons. The molecule has 1 aliphatic heterocycles. The fourth-order valence-corrected chi connectivity index (χ4v) is 1.27. The summed E-state index contributed by atoms with van der Waals surface area (Å²) in [7, 11) is 0. The van der Waals surface area contributed by atoms with Crippen LogP contribution in [0.25, 0.3) is 10.6 Å². The number of hydrogen-bond donors (Lipinski definition) is 0. The van der Waals surface area contributed by atoms with Crippen LogP contribution in [-0.4, -0.2) is 80.0 Å². The van der Waals surface area contributed by atoms with Crippen molar-refractivity contribution in [3.05, 3.63) is 10.6 Å². The monoisotopic (exact) mass is 414 g/mol. The molecule has 0 radical (unpaired) electrons. The Hall–Kier alpha value is 0.488. The van der Waals surface area contributed by atoms with E-state index in [2.05, 4.69) is 24.8 Å². The zero-order chi connectivity index (χ0) is 10.6. The van der Waals surface area contributed by atoms with Crippen molar-refractivity contribution in [2.24, 2.45) is 0 Å². The molecular weight excluding hydrogens is 391 g/mol. The quantitative estimate of drug-likeness (QED) is 0.472. The van der Waals surface area contributed by atoms with Crippen molar-refractivity contribution in [1.29, 1.82) is 0 Å². The second-order valence-corrected chi connectivity index (χ2v) is 3.35. The van der Waals surface area contributed by atoms with Crippen molar-refractivity contribution in [3.8, 4) is 0 Å². The summed E-state index contributed by atoms with van der Waals surface area (Å²) < 4.78 is 13.0. The van der Waals surface area contributed by atoms with Gasteiger partial charge in [0.2, 0.25) is 13.2 Å². The summed E-state index contributed by atoms with van der Waals surface area (Å²) in [5.41, 5.74) is 0. The van der Waals surface area contributed by atoms with E-state index in [1.54, 1.807) is 0 Å². The van der Waals surface area contributed by atoms with E-state index in [0.29, 0.717) is 0 Å². The topological polar surface area (TPSA) is 66.6 Å². The number of ether oxygens (including phenoxy) is 3. The molecule has 16 heavy (non-hydrogen) atoms. The average molecular weight is 414 g/mol. The first-order chi connectivity index (χ1) is 7.50. The Balaban J connectivity index is 0.00000225. The van der Waals surface area contributed by atoms with Crippen molar-refractivity contribution < 1.29 is 35.3 Å². The maximum Gasteiger partial charge on any atom is 4.00 e. The zero-order valence-corrected chi connectivity index (χ0v) is 11.9. The van der Waals surface area contributed by atoms with Gasteiger partial charge in [-0.05, 0) is 0 Å². The van der Waals surface area contributed by atoms with Crippen LogP contribution >= 0.6 is 0 Å². The van der Waals surface area contributed by atoms with Crippen molar-refractivity contribution in [2.45, 2.75) is 0 Å². The van der Waals surface area contributed by atoms with Crippen molar-refractivity contribution >= 4 is 0 Å². The van der Waals surface area contributed by atoms with Crippen LogP contribution in [0.3, 0.4) is 0 Å². The number of nitrogens with zero attached hydrogens (tertiary/aromatic N) is 2. The Morgan fingerprint density at radius 2 is 0.812 bits per heavy atom. The Morgan fingerprint density at radius 1 is 0.500 bits per heavy atom. The van der Waals surface area contributed by atoms with Gasteiger partial charge in [-0.3, -0.25) is 0 Å². The van der Waals surface area contributed by atoms with E-state index in [9.17, 15) is 0 Å². The Bertz CT molecular complexity index is 82.6. The fraction of sp³-hybridized carbons (Fsp3) is 1.00. The van der Waals surface area contributed by atoms with E-state index in [-0.39, 0.29) is 21.1 Å². The molecule has 3 N–H and O–H groups in total. The molecule has 0 saturated carbocycles. The minimum absolute atomic E-state index is 0. The van der Waals surface area contributed by atoms with E-state index in [0.717, 1.165) is 65.8 Å². The van der Waals surface area contributed by atoms with Gasteiger partial charge in [0.25, 0.3) is 0 Å². The van der Waals surface area contributed by atoms with E-state index in [1.165, 1.54) is 0 Å². The molecule has 1 fully saturated rings. The predicted molar refractivity (Wildman–Crippen MR) is 62.0 cm³/mol. The minimum Gasteiger partial charge on any atom is -0.650 e. The van der Waals surface area contributed by atoms with Gasteiger partial charge < -0.3 is 24.8 Å². The van der Waals surface area contributed by atoms with Gasteiger partial charge in [0.1, 0.15) is 26.4 Å². The van der Waals surface area contributed by atoms with Crippen molar-refractivity contribution in [1.82, 2.24) is 0 Å². The van der Waals surface area contributed by atoms with Gasteiger partial charge in [0.15, 0.2) is 0 Å². The van der Waals surface area contributed by atoms with Gasteiger partial charge in [-0.2, -0.15) is 0 Å². The molecule has 1 aliphatic rings. The summed E-state index contributed by atoms with van der Waals surface area (Å²) >= 11 is 0. The van der Waals surface area contributed by atoms with Crippen molar-refractivity contribution in [2.75, 3.05) is 65.8 Å². The average Bonchev–Trinajstić information content (AvgIpc) is 2.27. The summed E-state index contributed by atoms with van der Waals surface area (Å²) in [5, 5.41) is 8.67. The minimum atomic E-state index is 0. The third kappa shape index (κ3) is 11.0. The Labute approximate surface area is 112 Å². The van der Waals surface area contributed by atoms with Crippen LogP contribution in [0.15, 0.2) is 0 Å². The molecule has 0 amide bonds. The first-order valence-corrected chi connectivity index (χ1v) is 5.66. The van der Waals surface area contributed by atoms with Crippen molar-refractivity contribution in [3.63, 3.8) is 0 Å². The van der Waals surface area contributed by atoms with Crippen LogP contribution in [0.5, 0.6) is 0 Å². The number of rotatable bonds is 0. The molecule has 0 aliphatic carbocycles. The fourth-order valence-electron chi connectivity index (χ4n) is 1.27. The van der Waals surface area contributed by atoms with Crippen LogP contribution < -0.4 is 0 Å². The molecule has 1 heterocycles. The molecule has 0 aromatic heterocycles. The van der Waals surface area contributed by atoms with Gasteiger partial charge >= 0.3 is 21.1 Å². The van der Waals surface area contributed by atoms with Crippen LogP contribution in [0.1, 0.15) is 0 Å². The molecule has 0 spiro atoms. The van der Waals surface area contributed by atoms with Crippen LogP contribution in [0, 0.1) is 0 Å². The predicted octanol–water partition coefficient (Wildman–Crippen LogP) is -0.671. The Morgan fingerprint density at radius 3 is 1.19 bits per heavy atom. The van der Waals surface area contributed by atoms with Gasteiger partial charge in [-0.25, -0.2) is 0 Å². The summed E-state index contributed by atoms with van der Waals surface area (Å²) in [6.45, 7) is 8.33. The van der Waals surface area contributed by atoms with Crippen LogP contribution in [0.2, 0.25) is 0 Å². The molecule has 1 rings (SSSR count). The smallest absolute Gasteiger partial charge is 0.650 e. The van der Waals surface area contributed by atoms with Gasteiger partial charge in [0, 0.05) is 0 Å². The Kier molecular flexibility index (Phi) is 14.0. The second kappa shape index (κ2) is 13.6. The molecule has 0 aromatic rings. The molecule has 0 atom stereocenters. The summed E-state index contributed by atoms with van der Waals surface area (Å²) in [4.78, 5) is 0. The molecule has 6 heteroatoms. The molecule has 0 bridgehead atoms. The molecule has 5 nitrogen and oxygen atoms in total. The van der Waals surface area contributed by atoms with E-state index >= 15 is 0 Å². The van der Waals surface area contributed by atoms with E-state index in [4.69, 9.17) is 0 Å². The second-order valence-electron chi connectivity index (χ2n) is 3.35. The SMILES string of the molecule is C1C[OH+]CC[N-]CC[OH+]CC[OH+]CC[N-]1.[Pt+4]. The first-order valence-electron chi connectivity index (χ1n) is 5.66. The summed E-state index contributed by atoms with van der Waals surface area (Å²) in [5.74, 6) is 0. The summed E-state index contributed by atoms with van der Waals surface area (Å²) in [6.07, 6.45) is 0. The zero-order valence-electron chi connectivity index (χ0n) is 9.62. The third-order valence-electron chi connectivity index (χ3n) is 2.08. The van der Waals surface area contributed by atoms with Gasteiger partial charge in [0.05, 0.1) is 0 Å². The molecular formula is C10H23N2O3Pt+5. The van der Waals surface area contributed by atoms with E-state index in [1.807, 2.05) is 0 Å². The van der Waals surface area contributed by atoms with Gasteiger partial charge in [-0.15, -0.1) is 0 Å². The van der Waals surface area contributed by atoms with Gasteiger partial charge in [-0.1, -0.05) is 26.2 Å². The molecule has 0 aromatic carbocycles. The number of aliphatic hydroxyl groups is 6. The normalized spacial score (nSPS) is 22.5. The standard InChI is InChI=1S/C10H20N2O3.Pt/c1-5-13-6-2-12-4-8-15-10-9-14-7-3-11-1;/h1-10H2;/q-2;+4/p+3. The summed E-state index contributed by atoms with van der Waals surface area (Å²) in [6, 6.07) is 0. The molecule has 0 unspecified atom stereocenters. The largest absolute Gasteiger partial charge is 4.00 e. The van der Waals surface area contributed by atoms with E-state index < -0.39 is 0 Å². The first kappa shape index (κ1) is 16.5. The third-order valence-corrected chi connectivity index (χ3v) is 2.08. The van der Waals surface area contributed by atoms with Crippen LogP contribution in [-0.2, 0) is 21.1 Å². The molecule has 1 saturated heterocycles. The maximum absolute atomic E-state index is 4.33.